The maximum absolute atomic E-state index is 5.90. The molecule has 3 unspecified atom stereocenters. The highest BCUT2D eigenvalue weighted by molar-refractivity contribution is 7.99. The van der Waals surface area contributed by atoms with Gasteiger partial charge in [0.15, 0.2) is 0 Å². The Morgan fingerprint density at radius 1 is 1.25 bits per heavy atom. The van der Waals surface area contributed by atoms with E-state index < -0.39 is 0 Å². The lowest BCUT2D eigenvalue weighted by atomic mass is 9.79. The van der Waals surface area contributed by atoms with Gasteiger partial charge in [-0.1, -0.05) is 19.8 Å². The van der Waals surface area contributed by atoms with Gasteiger partial charge in [-0.15, -0.1) is 0 Å². The van der Waals surface area contributed by atoms with E-state index in [1.807, 2.05) is 0 Å². The third kappa shape index (κ3) is 3.38. The number of hydrogen-bond acceptors (Lipinski definition) is 3. The van der Waals surface area contributed by atoms with Crippen LogP contribution in [-0.2, 0) is 0 Å². The summed E-state index contributed by atoms with van der Waals surface area (Å²) in [6.45, 7) is 7.16. The van der Waals surface area contributed by atoms with E-state index in [-0.39, 0.29) is 0 Å². The summed E-state index contributed by atoms with van der Waals surface area (Å²) in [5.74, 6) is 3.01. The molecule has 1 saturated carbocycles. The molecule has 16 heavy (non-hydrogen) atoms. The van der Waals surface area contributed by atoms with Crippen molar-refractivity contribution >= 4 is 11.8 Å². The average molecular weight is 242 g/mol. The van der Waals surface area contributed by atoms with E-state index in [4.69, 9.17) is 5.73 Å². The van der Waals surface area contributed by atoms with E-state index in [0.29, 0.717) is 0 Å². The Morgan fingerprint density at radius 3 is 2.69 bits per heavy atom. The molecular weight excluding hydrogens is 216 g/mol. The van der Waals surface area contributed by atoms with Crippen LogP contribution in [0.15, 0.2) is 0 Å². The molecule has 2 nitrogen and oxygen atoms in total. The van der Waals surface area contributed by atoms with Crippen LogP contribution < -0.4 is 5.73 Å². The summed E-state index contributed by atoms with van der Waals surface area (Å²) in [4.78, 5) is 2.68. The van der Waals surface area contributed by atoms with Crippen LogP contribution in [0.5, 0.6) is 0 Å². The Bertz CT molecular complexity index is 210. The zero-order valence-electron chi connectivity index (χ0n) is 10.5. The molecule has 1 saturated heterocycles. The minimum absolute atomic E-state index is 0.804. The zero-order chi connectivity index (χ0) is 11.4. The van der Waals surface area contributed by atoms with Gasteiger partial charge in [-0.3, -0.25) is 0 Å². The summed E-state index contributed by atoms with van der Waals surface area (Å²) in [5, 5.41) is 0.827. The van der Waals surface area contributed by atoms with Crippen molar-refractivity contribution in [2.75, 3.05) is 31.9 Å². The normalized spacial score (nSPS) is 37.5. The lowest BCUT2D eigenvalue weighted by Gasteiger charge is -2.38. The molecular formula is C13H26N2S. The second kappa shape index (κ2) is 6.27. The Balaban J connectivity index is 1.82. The second-order valence-electron chi connectivity index (χ2n) is 5.48. The standard InChI is InChI=1S/C13H26N2S/c1-11-9-15(6-7-16-11)10-13-5-3-2-4-12(13)8-14/h11-13H,2-10,14H2,1H3. The topological polar surface area (TPSA) is 29.3 Å². The van der Waals surface area contributed by atoms with Crippen LogP contribution in [0.4, 0.5) is 0 Å². The van der Waals surface area contributed by atoms with E-state index in [2.05, 4.69) is 23.6 Å². The van der Waals surface area contributed by atoms with Gasteiger partial charge in [0, 0.05) is 30.6 Å². The molecule has 1 heterocycles. The summed E-state index contributed by atoms with van der Waals surface area (Å²) >= 11 is 2.12. The molecule has 1 aliphatic heterocycles. The van der Waals surface area contributed by atoms with Crippen LogP contribution in [0.1, 0.15) is 32.6 Å². The molecule has 0 spiro atoms. The van der Waals surface area contributed by atoms with Crippen molar-refractivity contribution in [3.05, 3.63) is 0 Å². The second-order valence-corrected chi connectivity index (χ2v) is 7.03. The maximum Gasteiger partial charge on any atom is 0.0147 e. The van der Waals surface area contributed by atoms with Crippen LogP contribution in [0.2, 0.25) is 0 Å². The highest BCUT2D eigenvalue weighted by Crippen LogP contribution is 2.31. The van der Waals surface area contributed by atoms with Gasteiger partial charge in [0.1, 0.15) is 0 Å². The SMILES string of the molecule is CC1CN(CC2CCCCC2CN)CCS1. The number of thioether (sulfide) groups is 1. The van der Waals surface area contributed by atoms with Gasteiger partial charge in [-0.25, -0.2) is 0 Å². The third-order valence-corrected chi connectivity index (χ3v) is 5.32. The highest BCUT2D eigenvalue weighted by Gasteiger charge is 2.27. The molecule has 2 aliphatic rings. The van der Waals surface area contributed by atoms with Crippen molar-refractivity contribution in [3.63, 3.8) is 0 Å². The molecule has 2 fully saturated rings. The van der Waals surface area contributed by atoms with Gasteiger partial charge < -0.3 is 10.6 Å². The molecule has 1 aliphatic carbocycles. The first-order valence-corrected chi connectivity index (χ1v) is 7.88. The lowest BCUT2D eigenvalue weighted by molar-refractivity contribution is 0.158. The minimum atomic E-state index is 0.804. The zero-order valence-corrected chi connectivity index (χ0v) is 11.3. The van der Waals surface area contributed by atoms with Crippen molar-refractivity contribution in [2.24, 2.45) is 17.6 Å². The largest absolute Gasteiger partial charge is 0.330 e. The predicted molar refractivity (Wildman–Crippen MR) is 72.9 cm³/mol. The summed E-state index contributed by atoms with van der Waals surface area (Å²) in [5.41, 5.74) is 5.90. The number of rotatable bonds is 3. The van der Waals surface area contributed by atoms with Crippen molar-refractivity contribution < 1.29 is 0 Å². The van der Waals surface area contributed by atoms with Crippen molar-refractivity contribution in [3.8, 4) is 0 Å². The van der Waals surface area contributed by atoms with Crippen molar-refractivity contribution in [1.82, 2.24) is 4.90 Å². The summed E-state index contributed by atoms with van der Waals surface area (Å²) in [7, 11) is 0. The molecule has 3 atom stereocenters. The molecule has 2 N–H and O–H groups in total. The Hall–Kier alpha value is 0.270. The van der Waals surface area contributed by atoms with Gasteiger partial charge in [0.2, 0.25) is 0 Å². The first kappa shape index (κ1) is 12.7. The predicted octanol–water partition coefficient (Wildman–Crippen LogP) is 2.19. The fraction of sp³-hybridized carbons (Fsp3) is 1.00. The monoisotopic (exact) mass is 242 g/mol. The Kier molecular flexibility index (Phi) is 4.98. The lowest BCUT2D eigenvalue weighted by Crippen LogP contribution is -2.42. The van der Waals surface area contributed by atoms with Gasteiger partial charge >= 0.3 is 0 Å². The highest BCUT2D eigenvalue weighted by atomic mass is 32.2. The fourth-order valence-electron chi connectivity index (χ4n) is 3.22. The Morgan fingerprint density at radius 2 is 2.00 bits per heavy atom. The van der Waals surface area contributed by atoms with Crippen LogP contribution >= 0.6 is 11.8 Å². The maximum atomic E-state index is 5.90. The summed E-state index contributed by atoms with van der Waals surface area (Å²) in [6.07, 6.45) is 5.63. The molecule has 0 aromatic heterocycles. The smallest absolute Gasteiger partial charge is 0.0147 e. The van der Waals surface area contributed by atoms with Crippen molar-refractivity contribution in [1.29, 1.82) is 0 Å². The van der Waals surface area contributed by atoms with Gasteiger partial charge in [-0.05, 0) is 31.2 Å². The van der Waals surface area contributed by atoms with Crippen molar-refractivity contribution in [2.45, 2.75) is 37.9 Å². The van der Waals surface area contributed by atoms with Crippen LogP contribution in [0.3, 0.4) is 0 Å². The minimum Gasteiger partial charge on any atom is -0.330 e. The van der Waals surface area contributed by atoms with Crippen LogP contribution in [0, 0.1) is 11.8 Å². The quantitative estimate of drug-likeness (QED) is 0.822. The molecule has 0 aromatic carbocycles. The average Bonchev–Trinajstić information content (AvgIpc) is 2.30. The van der Waals surface area contributed by atoms with E-state index >= 15 is 0 Å². The van der Waals surface area contributed by atoms with E-state index in [1.165, 1.54) is 51.1 Å². The van der Waals surface area contributed by atoms with Crippen LogP contribution in [0.25, 0.3) is 0 Å². The summed E-state index contributed by atoms with van der Waals surface area (Å²) in [6, 6.07) is 0. The molecule has 0 amide bonds. The third-order valence-electron chi connectivity index (χ3n) is 4.19. The molecule has 0 bridgehead atoms. The first-order valence-electron chi connectivity index (χ1n) is 6.83. The van der Waals surface area contributed by atoms with Crippen LogP contribution in [-0.4, -0.2) is 42.1 Å². The van der Waals surface area contributed by atoms with Gasteiger partial charge in [0.05, 0.1) is 0 Å². The number of nitrogens with two attached hydrogens (primary N) is 1. The molecule has 94 valence electrons. The van der Waals surface area contributed by atoms with E-state index in [0.717, 1.165) is 23.6 Å². The Labute approximate surface area is 104 Å². The molecule has 3 heteroatoms. The molecule has 0 aromatic rings. The molecule has 2 rings (SSSR count). The summed E-state index contributed by atoms with van der Waals surface area (Å²) < 4.78 is 0. The number of nitrogens with zero attached hydrogens (tertiary/aromatic N) is 1. The first-order chi connectivity index (χ1) is 7.79. The van der Waals surface area contributed by atoms with E-state index in [1.54, 1.807) is 0 Å². The van der Waals surface area contributed by atoms with Gasteiger partial charge in [-0.2, -0.15) is 11.8 Å². The van der Waals surface area contributed by atoms with Gasteiger partial charge in [0.25, 0.3) is 0 Å². The van der Waals surface area contributed by atoms with E-state index in [9.17, 15) is 0 Å². The fourth-order valence-corrected chi connectivity index (χ4v) is 4.31. The number of hydrogen-bond donors (Lipinski definition) is 1. The molecule has 0 radical (unpaired) electrons.